The molecular weight excluding hydrogens is 374 g/mol. The second-order valence-corrected chi connectivity index (χ2v) is 8.92. The summed E-state index contributed by atoms with van der Waals surface area (Å²) in [5.41, 5.74) is 2.04. The summed E-state index contributed by atoms with van der Waals surface area (Å²) in [6.45, 7) is 4.74. The van der Waals surface area contributed by atoms with Gasteiger partial charge in [-0.05, 0) is 19.1 Å². The monoisotopic (exact) mass is 397 g/mol. The maximum atomic E-state index is 12.8. The van der Waals surface area contributed by atoms with Crippen LogP contribution in [-0.2, 0) is 16.6 Å². The SMILES string of the molecule is Cc1ccc(S(=O)(=O)N2CCN(Cc3ncc(-c4ccccc4)o3)CC2)cc1. The lowest BCUT2D eigenvalue weighted by Crippen LogP contribution is -2.48. The summed E-state index contributed by atoms with van der Waals surface area (Å²) in [6, 6.07) is 16.9. The van der Waals surface area contributed by atoms with E-state index in [-0.39, 0.29) is 0 Å². The average Bonchev–Trinajstić information content (AvgIpc) is 3.18. The van der Waals surface area contributed by atoms with Crippen LogP contribution >= 0.6 is 0 Å². The zero-order valence-corrected chi connectivity index (χ0v) is 16.6. The van der Waals surface area contributed by atoms with Crippen LogP contribution in [0.15, 0.2) is 70.1 Å². The lowest BCUT2D eigenvalue weighted by Gasteiger charge is -2.33. The van der Waals surface area contributed by atoms with E-state index in [1.54, 1.807) is 22.6 Å². The predicted octanol–water partition coefficient (Wildman–Crippen LogP) is 3.16. The van der Waals surface area contributed by atoms with Crippen molar-refractivity contribution in [1.82, 2.24) is 14.2 Å². The van der Waals surface area contributed by atoms with Crippen molar-refractivity contribution in [3.05, 3.63) is 72.2 Å². The highest BCUT2D eigenvalue weighted by Gasteiger charge is 2.28. The second-order valence-electron chi connectivity index (χ2n) is 6.98. The Kier molecular flexibility index (Phi) is 5.30. The number of hydrogen-bond donors (Lipinski definition) is 0. The lowest BCUT2D eigenvalue weighted by molar-refractivity contribution is 0.168. The number of rotatable bonds is 5. The Bertz CT molecular complexity index is 1020. The van der Waals surface area contributed by atoms with Gasteiger partial charge in [-0.3, -0.25) is 4.90 Å². The topological polar surface area (TPSA) is 66.7 Å². The van der Waals surface area contributed by atoms with Crippen LogP contribution in [0.5, 0.6) is 0 Å². The Morgan fingerprint density at radius 2 is 1.64 bits per heavy atom. The standard InChI is InChI=1S/C21H23N3O3S/c1-17-7-9-19(10-8-17)28(25,26)24-13-11-23(12-14-24)16-21-22-15-20(27-21)18-5-3-2-4-6-18/h2-10,15H,11-14,16H2,1H3. The van der Waals surface area contributed by atoms with Crippen molar-refractivity contribution in [1.29, 1.82) is 0 Å². The van der Waals surface area contributed by atoms with Crippen LogP contribution in [0.1, 0.15) is 11.5 Å². The fourth-order valence-electron chi connectivity index (χ4n) is 3.30. The van der Waals surface area contributed by atoms with E-state index in [2.05, 4.69) is 9.88 Å². The molecule has 0 bridgehead atoms. The number of benzene rings is 2. The number of piperazine rings is 1. The van der Waals surface area contributed by atoms with Crippen LogP contribution in [0.4, 0.5) is 0 Å². The third-order valence-electron chi connectivity index (χ3n) is 4.96. The summed E-state index contributed by atoms with van der Waals surface area (Å²) in [6.07, 6.45) is 1.74. The third kappa shape index (κ3) is 4.01. The van der Waals surface area contributed by atoms with Gasteiger partial charge in [0.1, 0.15) is 0 Å². The fourth-order valence-corrected chi connectivity index (χ4v) is 4.72. The van der Waals surface area contributed by atoms with Gasteiger partial charge in [-0.1, -0.05) is 48.0 Å². The zero-order valence-electron chi connectivity index (χ0n) is 15.8. The van der Waals surface area contributed by atoms with Gasteiger partial charge in [-0.15, -0.1) is 0 Å². The Balaban J connectivity index is 1.37. The molecule has 1 aliphatic rings. The van der Waals surface area contributed by atoms with Crippen LogP contribution in [0.25, 0.3) is 11.3 Å². The van der Waals surface area contributed by atoms with Crippen LogP contribution < -0.4 is 0 Å². The van der Waals surface area contributed by atoms with E-state index in [0.29, 0.717) is 43.5 Å². The van der Waals surface area contributed by atoms with Crippen molar-refractivity contribution in [3.8, 4) is 11.3 Å². The van der Waals surface area contributed by atoms with Gasteiger partial charge in [0.25, 0.3) is 0 Å². The Hall–Kier alpha value is -2.48. The molecule has 0 unspecified atom stereocenters. The van der Waals surface area contributed by atoms with E-state index >= 15 is 0 Å². The number of hydrogen-bond acceptors (Lipinski definition) is 5. The van der Waals surface area contributed by atoms with E-state index in [1.165, 1.54) is 0 Å². The number of aryl methyl sites for hydroxylation is 1. The summed E-state index contributed by atoms with van der Waals surface area (Å²) in [7, 11) is -3.44. The van der Waals surface area contributed by atoms with Crippen LogP contribution in [0.2, 0.25) is 0 Å². The smallest absolute Gasteiger partial charge is 0.243 e. The van der Waals surface area contributed by atoms with Gasteiger partial charge >= 0.3 is 0 Å². The maximum absolute atomic E-state index is 12.8. The summed E-state index contributed by atoms with van der Waals surface area (Å²) in [5, 5.41) is 0. The highest BCUT2D eigenvalue weighted by molar-refractivity contribution is 7.89. The molecular formula is C21H23N3O3S. The molecule has 2 aromatic carbocycles. The van der Waals surface area contributed by atoms with Crippen molar-refractivity contribution in [2.75, 3.05) is 26.2 Å². The number of aromatic nitrogens is 1. The van der Waals surface area contributed by atoms with Gasteiger partial charge in [0.05, 0.1) is 17.6 Å². The Morgan fingerprint density at radius 1 is 0.964 bits per heavy atom. The fraction of sp³-hybridized carbons (Fsp3) is 0.286. The molecule has 1 aromatic heterocycles. The Morgan fingerprint density at radius 3 is 2.32 bits per heavy atom. The predicted molar refractivity (Wildman–Crippen MR) is 107 cm³/mol. The molecule has 0 aliphatic carbocycles. The molecule has 0 radical (unpaired) electrons. The molecule has 28 heavy (non-hydrogen) atoms. The van der Waals surface area contributed by atoms with Crippen molar-refractivity contribution in [2.24, 2.45) is 0 Å². The van der Waals surface area contributed by atoms with Crippen molar-refractivity contribution in [2.45, 2.75) is 18.4 Å². The molecule has 146 valence electrons. The number of nitrogens with zero attached hydrogens (tertiary/aromatic N) is 3. The van der Waals surface area contributed by atoms with Gasteiger partial charge in [0, 0.05) is 31.7 Å². The average molecular weight is 398 g/mol. The molecule has 6 nitrogen and oxygen atoms in total. The molecule has 3 aromatic rings. The zero-order chi connectivity index (χ0) is 19.6. The van der Waals surface area contributed by atoms with E-state index in [1.807, 2.05) is 49.4 Å². The molecule has 0 spiro atoms. The molecule has 0 amide bonds. The third-order valence-corrected chi connectivity index (χ3v) is 6.87. The quantitative estimate of drug-likeness (QED) is 0.662. The molecule has 1 saturated heterocycles. The first-order chi connectivity index (χ1) is 13.5. The number of oxazole rings is 1. The molecule has 0 saturated carbocycles. The molecule has 0 atom stereocenters. The van der Waals surface area contributed by atoms with Crippen molar-refractivity contribution < 1.29 is 12.8 Å². The summed E-state index contributed by atoms with van der Waals surface area (Å²) in [4.78, 5) is 6.89. The van der Waals surface area contributed by atoms with Gasteiger partial charge in [0.15, 0.2) is 5.76 Å². The minimum Gasteiger partial charge on any atom is -0.439 e. The van der Waals surface area contributed by atoms with Crippen LogP contribution in [0.3, 0.4) is 0 Å². The minimum absolute atomic E-state index is 0.353. The summed E-state index contributed by atoms with van der Waals surface area (Å²) < 4.78 is 33.0. The Labute approximate surface area is 165 Å². The van der Waals surface area contributed by atoms with Gasteiger partial charge in [-0.25, -0.2) is 13.4 Å². The molecule has 1 fully saturated rings. The first kappa shape index (κ1) is 18.9. The first-order valence-electron chi connectivity index (χ1n) is 9.32. The molecule has 2 heterocycles. The summed E-state index contributed by atoms with van der Waals surface area (Å²) in [5.74, 6) is 1.39. The summed E-state index contributed by atoms with van der Waals surface area (Å²) >= 11 is 0. The highest BCUT2D eigenvalue weighted by atomic mass is 32.2. The molecule has 0 N–H and O–H groups in total. The second kappa shape index (κ2) is 7.87. The molecule has 7 heteroatoms. The molecule has 1 aliphatic heterocycles. The van der Waals surface area contributed by atoms with Crippen molar-refractivity contribution >= 4 is 10.0 Å². The van der Waals surface area contributed by atoms with E-state index in [9.17, 15) is 8.42 Å². The normalized spacial score (nSPS) is 16.3. The van der Waals surface area contributed by atoms with E-state index in [0.717, 1.165) is 16.9 Å². The van der Waals surface area contributed by atoms with E-state index in [4.69, 9.17) is 4.42 Å². The lowest BCUT2D eigenvalue weighted by atomic mass is 10.2. The highest BCUT2D eigenvalue weighted by Crippen LogP contribution is 2.22. The number of sulfonamides is 1. The maximum Gasteiger partial charge on any atom is 0.243 e. The molecule has 4 rings (SSSR count). The van der Waals surface area contributed by atoms with Crippen molar-refractivity contribution in [3.63, 3.8) is 0 Å². The van der Waals surface area contributed by atoms with Gasteiger partial charge in [0.2, 0.25) is 15.9 Å². The van der Waals surface area contributed by atoms with Gasteiger partial charge in [-0.2, -0.15) is 4.31 Å². The van der Waals surface area contributed by atoms with Gasteiger partial charge < -0.3 is 4.42 Å². The van der Waals surface area contributed by atoms with E-state index < -0.39 is 10.0 Å². The van der Waals surface area contributed by atoms with Crippen LogP contribution in [-0.4, -0.2) is 48.8 Å². The minimum atomic E-state index is -3.44. The largest absolute Gasteiger partial charge is 0.439 e. The van der Waals surface area contributed by atoms with Crippen LogP contribution in [0, 0.1) is 6.92 Å². The first-order valence-corrected chi connectivity index (χ1v) is 10.8.